The fraction of sp³-hybridized carbons (Fsp3) is 1.00. The van der Waals surface area contributed by atoms with Crippen molar-refractivity contribution >= 4 is 69.6 Å². The predicted octanol–water partition coefficient (Wildman–Crippen LogP) is 5.22. The van der Waals surface area contributed by atoms with Crippen LogP contribution in [0.1, 0.15) is 39.5 Å². The van der Waals surface area contributed by atoms with E-state index in [0.717, 1.165) is 13.2 Å². The molecule has 1 saturated carbocycles. The molecule has 1 rings (SSSR count). The molecule has 1 aliphatic rings. The molecule has 0 aliphatic heterocycles. The van der Waals surface area contributed by atoms with Crippen molar-refractivity contribution in [2.24, 2.45) is 0 Å². The third kappa shape index (κ3) is 13.4. The molecule has 0 aromatic heterocycles. The molecule has 0 saturated heterocycles. The number of rotatable bonds is 7. The number of hydrogen-bond donors (Lipinski definition) is 2. The first-order chi connectivity index (χ1) is 11.8. The van der Waals surface area contributed by atoms with Crippen molar-refractivity contribution in [3.63, 3.8) is 0 Å². The molecular formula is C16H30Cl6O3. The standard InChI is InChI=1S/C8H18O.C6H6Cl6.C2H6O2/c1-3-5-7-9-8-6-4-2;7-1-2(8)4(10)6(12)5(11)3(1)9;3-1-2-4/h3-8H2,1-2H3;1-6H;3-4H,1-2H2. The van der Waals surface area contributed by atoms with Gasteiger partial charge in [0, 0.05) is 13.2 Å². The fourth-order valence-corrected chi connectivity index (χ4v) is 3.98. The van der Waals surface area contributed by atoms with Crippen LogP contribution in [0.25, 0.3) is 0 Å². The second kappa shape index (κ2) is 19.0. The van der Waals surface area contributed by atoms with Crippen molar-refractivity contribution in [3.05, 3.63) is 0 Å². The molecule has 0 radical (unpaired) electrons. The van der Waals surface area contributed by atoms with Gasteiger partial charge in [0.05, 0.1) is 45.5 Å². The minimum atomic E-state index is -0.437. The topological polar surface area (TPSA) is 49.7 Å². The quantitative estimate of drug-likeness (QED) is 0.386. The first kappa shape index (κ1) is 28.8. The van der Waals surface area contributed by atoms with Crippen LogP contribution >= 0.6 is 69.6 Å². The number of hydrogen-bond acceptors (Lipinski definition) is 3. The zero-order valence-corrected chi connectivity index (χ0v) is 19.2. The molecular weight excluding hydrogens is 453 g/mol. The highest BCUT2D eigenvalue weighted by atomic mass is 35.5. The van der Waals surface area contributed by atoms with Crippen LogP contribution < -0.4 is 0 Å². The minimum absolute atomic E-state index is 0.125. The number of aliphatic hydroxyl groups excluding tert-OH is 2. The molecule has 0 atom stereocenters. The lowest BCUT2D eigenvalue weighted by molar-refractivity contribution is 0.128. The molecule has 2 N–H and O–H groups in total. The summed E-state index contributed by atoms with van der Waals surface area (Å²) in [5, 5.41) is 12.6. The summed E-state index contributed by atoms with van der Waals surface area (Å²) in [6.07, 6.45) is 4.91. The number of halogens is 6. The van der Waals surface area contributed by atoms with Crippen molar-refractivity contribution < 1.29 is 14.9 Å². The van der Waals surface area contributed by atoms with Crippen LogP contribution in [0, 0.1) is 0 Å². The van der Waals surface area contributed by atoms with Gasteiger partial charge in [0.25, 0.3) is 0 Å². The smallest absolute Gasteiger partial charge is 0.0693 e. The highest BCUT2D eigenvalue weighted by Crippen LogP contribution is 2.39. The molecule has 0 aromatic rings. The van der Waals surface area contributed by atoms with Gasteiger partial charge in [-0.3, -0.25) is 0 Å². The van der Waals surface area contributed by atoms with Crippen molar-refractivity contribution in [1.29, 1.82) is 0 Å². The largest absolute Gasteiger partial charge is 0.394 e. The summed E-state index contributed by atoms with van der Waals surface area (Å²) in [4.78, 5) is 0. The molecule has 154 valence electrons. The van der Waals surface area contributed by atoms with E-state index in [-0.39, 0.29) is 13.2 Å². The Morgan fingerprint density at radius 1 is 0.600 bits per heavy atom. The zero-order chi connectivity index (χ0) is 19.8. The lowest BCUT2D eigenvalue weighted by atomic mass is 9.97. The van der Waals surface area contributed by atoms with Gasteiger partial charge in [0.15, 0.2) is 0 Å². The third-order valence-corrected chi connectivity index (χ3v) is 7.24. The summed E-state index contributed by atoms with van der Waals surface area (Å²) in [6.45, 7) is 6.03. The molecule has 0 spiro atoms. The molecule has 0 aromatic carbocycles. The Hall–Kier alpha value is 1.62. The fourth-order valence-electron chi connectivity index (χ4n) is 1.65. The summed E-state index contributed by atoms with van der Waals surface area (Å²) >= 11 is 35.3. The Bertz CT molecular complexity index is 222. The van der Waals surface area contributed by atoms with Gasteiger partial charge in [-0.05, 0) is 12.8 Å². The number of unbranched alkanes of at least 4 members (excludes halogenated alkanes) is 2. The monoisotopic (exact) mass is 480 g/mol. The van der Waals surface area contributed by atoms with Gasteiger partial charge in [0.2, 0.25) is 0 Å². The average molecular weight is 483 g/mol. The summed E-state index contributed by atoms with van der Waals surface area (Å²) in [7, 11) is 0. The van der Waals surface area contributed by atoms with E-state index in [1.165, 1.54) is 25.7 Å². The van der Waals surface area contributed by atoms with Gasteiger partial charge < -0.3 is 14.9 Å². The Balaban J connectivity index is 0. The van der Waals surface area contributed by atoms with Gasteiger partial charge in [-0.2, -0.15) is 0 Å². The Labute approximate surface area is 182 Å². The first-order valence-electron chi connectivity index (χ1n) is 8.43. The van der Waals surface area contributed by atoms with Crippen LogP contribution in [0.5, 0.6) is 0 Å². The van der Waals surface area contributed by atoms with E-state index in [1.54, 1.807) is 0 Å². The number of ether oxygens (including phenoxy) is 1. The van der Waals surface area contributed by atoms with E-state index in [4.69, 9.17) is 84.6 Å². The Morgan fingerprint density at radius 3 is 1.00 bits per heavy atom. The predicted molar refractivity (Wildman–Crippen MR) is 113 cm³/mol. The number of alkyl halides is 6. The Kier molecular flexibility index (Phi) is 21.9. The van der Waals surface area contributed by atoms with Crippen LogP contribution in [-0.4, -0.2) is 68.9 Å². The van der Waals surface area contributed by atoms with Crippen molar-refractivity contribution in [1.82, 2.24) is 0 Å². The van der Waals surface area contributed by atoms with Gasteiger partial charge in [-0.15, -0.1) is 69.6 Å². The van der Waals surface area contributed by atoms with E-state index in [0.29, 0.717) is 0 Å². The van der Waals surface area contributed by atoms with E-state index < -0.39 is 32.3 Å². The second-order valence-corrected chi connectivity index (χ2v) is 8.46. The van der Waals surface area contributed by atoms with E-state index in [2.05, 4.69) is 13.8 Å². The van der Waals surface area contributed by atoms with Crippen molar-refractivity contribution in [3.8, 4) is 0 Å². The van der Waals surface area contributed by atoms with E-state index in [1.807, 2.05) is 0 Å². The summed E-state index contributed by atoms with van der Waals surface area (Å²) in [5.41, 5.74) is 0. The molecule has 1 aliphatic carbocycles. The maximum absolute atomic E-state index is 7.62. The lowest BCUT2D eigenvalue weighted by Gasteiger charge is -2.37. The summed E-state index contributed by atoms with van der Waals surface area (Å²) < 4.78 is 5.31. The molecule has 0 bridgehead atoms. The van der Waals surface area contributed by atoms with Crippen LogP contribution in [-0.2, 0) is 4.74 Å². The van der Waals surface area contributed by atoms with Gasteiger partial charge in [-0.25, -0.2) is 0 Å². The van der Waals surface area contributed by atoms with Crippen LogP contribution in [0.4, 0.5) is 0 Å². The zero-order valence-electron chi connectivity index (χ0n) is 14.7. The normalized spacial score (nSPS) is 31.4. The Morgan fingerprint density at radius 2 is 0.840 bits per heavy atom. The molecule has 0 amide bonds. The highest BCUT2D eigenvalue weighted by Gasteiger charge is 2.46. The first-order valence-corrected chi connectivity index (χ1v) is 11.1. The van der Waals surface area contributed by atoms with Gasteiger partial charge in [-0.1, -0.05) is 26.7 Å². The molecule has 0 unspecified atom stereocenters. The van der Waals surface area contributed by atoms with E-state index >= 15 is 0 Å². The van der Waals surface area contributed by atoms with Gasteiger partial charge >= 0.3 is 0 Å². The lowest BCUT2D eigenvalue weighted by Crippen LogP contribution is -2.52. The van der Waals surface area contributed by atoms with E-state index in [9.17, 15) is 0 Å². The molecule has 3 nitrogen and oxygen atoms in total. The van der Waals surface area contributed by atoms with Crippen LogP contribution in [0.15, 0.2) is 0 Å². The van der Waals surface area contributed by atoms with Crippen molar-refractivity contribution in [2.75, 3.05) is 26.4 Å². The van der Waals surface area contributed by atoms with Crippen LogP contribution in [0.2, 0.25) is 0 Å². The highest BCUT2D eigenvalue weighted by molar-refractivity contribution is 6.45. The third-order valence-electron chi connectivity index (χ3n) is 3.21. The molecule has 9 heteroatoms. The molecule has 25 heavy (non-hydrogen) atoms. The summed E-state index contributed by atoms with van der Waals surface area (Å²) in [6, 6.07) is 0. The summed E-state index contributed by atoms with van der Waals surface area (Å²) in [5.74, 6) is 0. The van der Waals surface area contributed by atoms with Crippen molar-refractivity contribution in [2.45, 2.75) is 71.8 Å². The SMILES string of the molecule is CCCCOCCCC.ClC1C(Cl)C(Cl)C(Cl)C(Cl)C1Cl.OCCO. The second-order valence-electron chi connectivity index (χ2n) is 5.43. The average Bonchev–Trinajstić information content (AvgIpc) is 2.64. The number of aliphatic hydroxyl groups is 2. The molecule has 1 fully saturated rings. The molecule has 0 heterocycles. The maximum Gasteiger partial charge on any atom is 0.0693 e. The van der Waals surface area contributed by atoms with Crippen LogP contribution in [0.3, 0.4) is 0 Å². The van der Waals surface area contributed by atoms with Gasteiger partial charge in [0.1, 0.15) is 0 Å². The maximum atomic E-state index is 7.62. The minimum Gasteiger partial charge on any atom is -0.394 e.